The van der Waals surface area contributed by atoms with Crippen LogP contribution in [0.2, 0.25) is 0 Å². The molecule has 2 heterocycles. The average Bonchev–Trinajstić information content (AvgIpc) is 2.77. The molecule has 0 radical (unpaired) electrons. The Morgan fingerprint density at radius 2 is 2.06 bits per heavy atom. The Balaban J connectivity index is 2.57. The molecule has 6 nitrogen and oxygen atoms in total. The molecular weight excluding hydrogens is 250 g/mol. The first-order chi connectivity index (χ1) is 8.49. The Morgan fingerprint density at radius 3 is 2.61 bits per heavy atom. The standard InChI is InChI=1S/C11H11N5OS/c1-6-2-3-7(10(13)18)11(14-6)16-5-4-8(15-16)9(12)17/h2-5H,1H3,(H2,12,17)(H2,13,18). The number of rotatable bonds is 3. The molecule has 0 fully saturated rings. The van der Waals surface area contributed by atoms with E-state index in [9.17, 15) is 4.79 Å². The molecule has 92 valence electrons. The van der Waals surface area contributed by atoms with Gasteiger partial charge in [0.2, 0.25) is 0 Å². The zero-order valence-electron chi connectivity index (χ0n) is 9.62. The first kappa shape index (κ1) is 12.2. The van der Waals surface area contributed by atoms with Crippen molar-refractivity contribution < 1.29 is 4.79 Å². The Hall–Kier alpha value is -2.28. The summed E-state index contributed by atoms with van der Waals surface area (Å²) in [6, 6.07) is 5.08. The maximum atomic E-state index is 11.0. The molecule has 0 spiro atoms. The second-order valence-electron chi connectivity index (χ2n) is 3.70. The molecule has 0 aromatic carbocycles. The van der Waals surface area contributed by atoms with Gasteiger partial charge >= 0.3 is 0 Å². The number of nitrogens with zero attached hydrogens (tertiary/aromatic N) is 3. The minimum absolute atomic E-state index is 0.159. The van der Waals surface area contributed by atoms with E-state index in [0.717, 1.165) is 5.69 Å². The van der Waals surface area contributed by atoms with Gasteiger partial charge in [-0.05, 0) is 25.1 Å². The number of nitrogens with two attached hydrogens (primary N) is 2. The largest absolute Gasteiger partial charge is 0.389 e. The second kappa shape index (κ2) is 4.53. The molecule has 0 atom stereocenters. The van der Waals surface area contributed by atoms with Gasteiger partial charge in [-0.15, -0.1) is 0 Å². The molecule has 0 saturated heterocycles. The average molecular weight is 261 g/mol. The number of pyridine rings is 1. The lowest BCUT2D eigenvalue weighted by Gasteiger charge is -2.07. The van der Waals surface area contributed by atoms with Crippen LogP contribution in [0.25, 0.3) is 5.82 Å². The van der Waals surface area contributed by atoms with Gasteiger partial charge in [0.15, 0.2) is 5.82 Å². The van der Waals surface area contributed by atoms with E-state index in [2.05, 4.69) is 10.1 Å². The van der Waals surface area contributed by atoms with E-state index in [1.54, 1.807) is 18.3 Å². The highest BCUT2D eigenvalue weighted by Gasteiger charge is 2.12. The predicted octanol–water partition coefficient (Wildman–Crippen LogP) is 0.309. The van der Waals surface area contributed by atoms with Crippen molar-refractivity contribution >= 4 is 23.1 Å². The minimum Gasteiger partial charge on any atom is -0.389 e. The van der Waals surface area contributed by atoms with Crippen molar-refractivity contribution in [1.29, 1.82) is 0 Å². The van der Waals surface area contributed by atoms with Crippen molar-refractivity contribution in [2.24, 2.45) is 11.5 Å². The van der Waals surface area contributed by atoms with Crippen LogP contribution in [-0.2, 0) is 0 Å². The number of carbonyl (C=O) groups excluding carboxylic acids is 1. The summed E-state index contributed by atoms with van der Waals surface area (Å²) in [4.78, 5) is 15.5. The number of primary amides is 1. The van der Waals surface area contributed by atoms with Crippen LogP contribution < -0.4 is 11.5 Å². The van der Waals surface area contributed by atoms with Gasteiger partial charge in [-0.2, -0.15) is 5.10 Å². The predicted molar refractivity (Wildman–Crippen MR) is 70.5 cm³/mol. The normalized spacial score (nSPS) is 10.3. The summed E-state index contributed by atoms with van der Waals surface area (Å²) >= 11 is 4.96. The second-order valence-corrected chi connectivity index (χ2v) is 4.14. The van der Waals surface area contributed by atoms with Crippen LogP contribution in [0.5, 0.6) is 0 Å². The van der Waals surface area contributed by atoms with Crippen LogP contribution in [0.3, 0.4) is 0 Å². The lowest BCUT2D eigenvalue weighted by molar-refractivity contribution is 0.0995. The summed E-state index contributed by atoms with van der Waals surface area (Å²) in [5, 5.41) is 4.03. The molecule has 2 aromatic rings. The zero-order chi connectivity index (χ0) is 13.3. The van der Waals surface area contributed by atoms with Gasteiger partial charge in [0.05, 0.1) is 5.56 Å². The fourth-order valence-electron chi connectivity index (χ4n) is 1.48. The quantitative estimate of drug-likeness (QED) is 0.774. The summed E-state index contributed by atoms with van der Waals surface area (Å²) in [7, 11) is 0. The topological polar surface area (TPSA) is 99.8 Å². The SMILES string of the molecule is Cc1ccc(C(N)=S)c(-n2ccc(C(N)=O)n2)n1. The molecule has 18 heavy (non-hydrogen) atoms. The van der Waals surface area contributed by atoms with Crippen LogP contribution in [0.4, 0.5) is 0 Å². The Morgan fingerprint density at radius 1 is 1.33 bits per heavy atom. The van der Waals surface area contributed by atoms with E-state index in [0.29, 0.717) is 11.4 Å². The van der Waals surface area contributed by atoms with Gasteiger partial charge in [0.25, 0.3) is 5.91 Å². The maximum Gasteiger partial charge on any atom is 0.269 e. The zero-order valence-corrected chi connectivity index (χ0v) is 10.4. The first-order valence-corrected chi connectivity index (χ1v) is 5.53. The molecule has 1 amide bonds. The summed E-state index contributed by atoms with van der Waals surface area (Å²) in [5.41, 5.74) is 12.3. The van der Waals surface area contributed by atoms with E-state index >= 15 is 0 Å². The van der Waals surface area contributed by atoms with Crippen molar-refractivity contribution in [1.82, 2.24) is 14.8 Å². The van der Waals surface area contributed by atoms with E-state index < -0.39 is 5.91 Å². The molecule has 2 aromatic heterocycles. The molecule has 2 rings (SSSR count). The van der Waals surface area contributed by atoms with Gasteiger partial charge in [0.1, 0.15) is 10.7 Å². The van der Waals surface area contributed by atoms with Crippen molar-refractivity contribution in [3.8, 4) is 5.82 Å². The minimum atomic E-state index is -0.599. The van der Waals surface area contributed by atoms with E-state index in [1.807, 2.05) is 6.92 Å². The summed E-state index contributed by atoms with van der Waals surface area (Å²) in [6.45, 7) is 1.84. The summed E-state index contributed by atoms with van der Waals surface area (Å²) < 4.78 is 1.43. The van der Waals surface area contributed by atoms with Crippen molar-refractivity contribution in [3.05, 3.63) is 41.3 Å². The summed E-state index contributed by atoms with van der Waals surface area (Å²) in [6.07, 6.45) is 1.59. The van der Waals surface area contributed by atoms with Gasteiger partial charge in [-0.3, -0.25) is 4.79 Å². The molecule has 0 aliphatic heterocycles. The number of hydrogen-bond donors (Lipinski definition) is 2. The first-order valence-electron chi connectivity index (χ1n) is 5.12. The number of hydrogen-bond acceptors (Lipinski definition) is 4. The molecule has 0 aliphatic carbocycles. The maximum absolute atomic E-state index is 11.0. The fraction of sp³-hybridized carbons (Fsp3) is 0.0909. The molecule has 0 unspecified atom stereocenters. The van der Waals surface area contributed by atoms with Gasteiger partial charge < -0.3 is 11.5 Å². The molecule has 7 heteroatoms. The van der Waals surface area contributed by atoms with E-state index in [4.69, 9.17) is 23.7 Å². The van der Waals surface area contributed by atoms with Crippen LogP contribution in [0.1, 0.15) is 21.7 Å². The molecule has 4 N–H and O–H groups in total. The van der Waals surface area contributed by atoms with Crippen LogP contribution >= 0.6 is 12.2 Å². The van der Waals surface area contributed by atoms with Crippen LogP contribution in [-0.4, -0.2) is 25.7 Å². The molecule has 0 bridgehead atoms. The smallest absolute Gasteiger partial charge is 0.269 e. The van der Waals surface area contributed by atoms with Gasteiger partial charge in [-0.1, -0.05) is 12.2 Å². The van der Waals surface area contributed by atoms with Crippen molar-refractivity contribution in [2.45, 2.75) is 6.92 Å². The monoisotopic (exact) mass is 261 g/mol. The third-order valence-electron chi connectivity index (χ3n) is 2.34. The molecule has 0 saturated carbocycles. The third kappa shape index (κ3) is 2.21. The van der Waals surface area contributed by atoms with Crippen LogP contribution in [0.15, 0.2) is 24.4 Å². The van der Waals surface area contributed by atoms with E-state index in [-0.39, 0.29) is 10.7 Å². The summed E-state index contributed by atoms with van der Waals surface area (Å²) in [5.74, 6) is -0.117. The number of aromatic nitrogens is 3. The third-order valence-corrected chi connectivity index (χ3v) is 2.56. The lowest BCUT2D eigenvalue weighted by Crippen LogP contribution is -2.16. The van der Waals surface area contributed by atoms with E-state index in [1.165, 1.54) is 10.7 Å². The number of amides is 1. The van der Waals surface area contributed by atoms with Gasteiger partial charge in [0, 0.05) is 11.9 Å². The Kier molecular flexibility index (Phi) is 3.07. The highest BCUT2D eigenvalue weighted by molar-refractivity contribution is 7.80. The Labute approximate surface area is 109 Å². The van der Waals surface area contributed by atoms with Crippen molar-refractivity contribution in [2.75, 3.05) is 0 Å². The van der Waals surface area contributed by atoms with Crippen molar-refractivity contribution in [3.63, 3.8) is 0 Å². The lowest BCUT2D eigenvalue weighted by atomic mass is 10.2. The number of thiocarbonyl (C=S) groups is 1. The highest BCUT2D eigenvalue weighted by Crippen LogP contribution is 2.13. The Bertz CT molecular complexity index is 634. The number of carbonyl (C=O) groups is 1. The van der Waals surface area contributed by atoms with Crippen LogP contribution in [0, 0.1) is 6.92 Å². The molecular formula is C11H11N5OS. The highest BCUT2D eigenvalue weighted by atomic mass is 32.1. The molecule has 0 aliphatic rings. The fourth-order valence-corrected chi connectivity index (χ4v) is 1.64. The number of aryl methyl sites for hydroxylation is 1. The van der Waals surface area contributed by atoms with Gasteiger partial charge in [-0.25, -0.2) is 9.67 Å².